The van der Waals surface area contributed by atoms with Crippen LogP contribution in [0.5, 0.6) is 0 Å². The summed E-state index contributed by atoms with van der Waals surface area (Å²) < 4.78 is 30.8. The molecule has 106 valence electrons. The first-order chi connectivity index (χ1) is 8.93. The molecule has 0 fully saturated rings. The number of hydrogen-bond donors (Lipinski definition) is 2. The van der Waals surface area contributed by atoms with Gasteiger partial charge in [0.2, 0.25) is 10.0 Å². The highest BCUT2D eigenvalue weighted by Crippen LogP contribution is 2.13. The second-order valence-electron chi connectivity index (χ2n) is 3.89. The minimum absolute atomic E-state index is 0.126. The minimum atomic E-state index is -3.47. The molecule has 1 rings (SSSR count). The quantitative estimate of drug-likeness (QED) is 0.698. The van der Waals surface area contributed by atoms with Gasteiger partial charge in [0.25, 0.3) is 0 Å². The molecule has 0 atom stereocenters. The Morgan fingerprint density at radius 2 is 2.16 bits per heavy atom. The Bertz CT molecular complexity index is 527. The first kappa shape index (κ1) is 15.5. The highest BCUT2D eigenvalue weighted by molar-refractivity contribution is 7.92. The van der Waals surface area contributed by atoms with Gasteiger partial charge in [0.05, 0.1) is 18.8 Å². The molecule has 19 heavy (non-hydrogen) atoms. The largest absolute Gasteiger partial charge is 0.481 e. The summed E-state index contributed by atoms with van der Waals surface area (Å²) >= 11 is 0. The maximum Gasteiger partial charge on any atom is 0.307 e. The van der Waals surface area contributed by atoms with E-state index in [0.29, 0.717) is 17.9 Å². The zero-order chi connectivity index (χ0) is 14.3. The molecular formula is C12H17NO5S. The molecule has 0 unspecified atom stereocenters. The molecule has 0 aliphatic rings. The minimum Gasteiger partial charge on any atom is -0.481 e. The topological polar surface area (TPSA) is 92.7 Å². The van der Waals surface area contributed by atoms with Crippen LogP contribution in [0.3, 0.4) is 0 Å². The van der Waals surface area contributed by atoms with Gasteiger partial charge in [-0.1, -0.05) is 12.1 Å². The normalized spacial score (nSPS) is 11.2. The Balaban J connectivity index is 2.68. The Hall–Kier alpha value is -1.60. The molecule has 0 aliphatic carbocycles. The third-order valence-electron chi connectivity index (χ3n) is 2.26. The van der Waals surface area contributed by atoms with Gasteiger partial charge in [0.15, 0.2) is 0 Å². The van der Waals surface area contributed by atoms with E-state index in [1.807, 2.05) is 0 Å². The van der Waals surface area contributed by atoms with E-state index in [1.54, 1.807) is 25.1 Å². The van der Waals surface area contributed by atoms with E-state index in [-0.39, 0.29) is 18.8 Å². The van der Waals surface area contributed by atoms with Crippen LogP contribution in [-0.4, -0.2) is 38.5 Å². The smallest absolute Gasteiger partial charge is 0.307 e. The average molecular weight is 287 g/mol. The van der Waals surface area contributed by atoms with E-state index in [1.165, 1.54) is 6.07 Å². The van der Waals surface area contributed by atoms with Crippen molar-refractivity contribution in [3.05, 3.63) is 29.8 Å². The van der Waals surface area contributed by atoms with Gasteiger partial charge in [-0.25, -0.2) is 8.42 Å². The second-order valence-corrected chi connectivity index (χ2v) is 5.73. The standard InChI is InChI=1S/C12H17NO5S/c1-2-18-6-7-19(16,17)13-11-5-3-4-10(8-11)9-12(14)15/h3-5,8,13H,2,6-7,9H2,1H3,(H,14,15). The van der Waals surface area contributed by atoms with Crippen LogP contribution in [0.1, 0.15) is 12.5 Å². The van der Waals surface area contributed by atoms with Crippen LogP contribution in [0.2, 0.25) is 0 Å². The lowest BCUT2D eigenvalue weighted by molar-refractivity contribution is -0.136. The van der Waals surface area contributed by atoms with Crippen molar-refractivity contribution in [2.75, 3.05) is 23.7 Å². The van der Waals surface area contributed by atoms with Crippen LogP contribution in [0, 0.1) is 0 Å². The number of carboxylic acid groups (broad SMARTS) is 1. The van der Waals surface area contributed by atoms with Gasteiger partial charge in [-0.2, -0.15) is 0 Å². The lowest BCUT2D eigenvalue weighted by atomic mass is 10.1. The molecule has 0 bridgehead atoms. The molecule has 6 nitrogen and oxygen atoms in total. The van der Waals surface area contributed by atoms with E-state index < -0.39 is 16.0 Å². The monoisotopic (exact) mass is 287 g/mol. The number of benzene rings is 1. The number of sulfonamides is 1. The molecule has 0 saturated carbocycles. The fourth-order valence-corrected chi connectivity index (χ4v) is 2.39. The summed E-state index contributed by atoms with van der Waals surface area (Å²) in [4.78, 5) is 10.6. The Morgan fingerprint density at radius 1 is 1.42 bits per heavy atom. The number of anilines is 1. The third kappa shape index (κ3) is 6.21. The molecule has 0 radical (unpaired) electrons. The molecule has 0 saturated heterocycles. The fraction of sp³-hybridized carbons (Fsp3) is 0.417. The molecule has 1 aromatic carbocycles. The maximum absolute atomic E-state index is 11.7. The molecule has 0 aromatic heterocycles. The van der Waals surface area contributed by atoms with Crippen LogP contribution in [0.25, 0.3) is 0 Å². The van der Waals surface area contributed by atoms with Crippen molar-refractivity contribution in [2.45, 2.75) is 13.3 Å². The molecular weight excluding hydrogens is 270 g/mol. The molecule has 0 heterocycles. The number of nitrogens with one attached hydrogen (secondary N) is 1. The number of carboxylic acids is 1. The van der Waals surface area contributed by atoms with Crippen molar-refractivity contribution in [1.82, 2.24) is 0 Å². The van der Waals surface area contributed by atoms with Crippen LogP contribution in [0.4, 0.5) is 5.69 Å². The summed E-state index contributed by atoms with van der Waals surface area (Å²) in [6.07, 6.45) is -0.144. The van der Waals surface area contributed by atoms with Crippen LogP contribution < -0.4 is 4.72 Å². The predicted molar refractivity (Wildman–Crippen MR) is 71.7 cm³/mol. The lowest BCUT2D eigenvalue weighted by Crippen LogP contribution is -2.20. The number of ether oxygens (including phenoxy) is 1. The molecule has 2 N–H and O–H groups in total. The summed E-state index contributed by atoms with van der Waals surface area (Å²) in [5.74, 6) is -1.10. The van der Waals surface area contributed by atoms with Crippen LogP contribution >= 0.6 is 0 Å². The summed E-state index contributed by atoms with van der Waals surface area (Å²) in [5, 5.41) is 8.68. The lowest BCUT2D eigenvalue weighted by Gasteiger charge is -2.09. The summed E-state index contributed by atoms with van der Waals surface area (Å²) in [7, 11) is -3.47. The first-order valence-corrected chi connectivity index (χ1v) is 7.47. The molecule has 1 aromatic rings. The van der Waals surface area contributed by atoms with E-state index in [9.17, 15) is 13.2 Å². The number of carbonyl (C=O) groups is 1. The van der Waals surface area contributed by atoms with Gasteiger partial charge in [0, 0.05) is 12.3 Å². The van der Waals surface area contributed by atoms with Gasteiger partial charge in [-0.15, -0.1) is 0 Å². The third-order valence-corrected chi connectivity index (χ3v) is 3.51. The zero-order valence-electron chi connectivity index (χ0n) is 10.6. The van der Waals surface area contributed by atoms with Crippen LogP contribution in [0.15, 0.2) is 24.3 Å². The van der Waals surface area contributed by atoms with Gasteiger partial charge in [0.1, 0.15) is 0 Å². The summed E-state index contributed by atoms with van der Waals surface area (Å²) in [5.41, 5.74) is 0.896. The van der Waals surface area contributed by atoms with Crippen molar-refractivity contribution in [1.29, 1.82) is 0 Å². The van der Waals surface area contributed by atoms with Crippen molar-refractivity contribution in [3.8, 4) is 0 Å². The van der Waals surface area contributed by atoms with Crippen molar-refractivity contribution >= 4 is 21.7 Å². The fourth-order valence-electron chi connectivity index (χ4n) is 1.46. The highest BCUT2D eigenvalue weighted by Gasteiger charge is 2.10. The van der Waals surface area contributed by atoms with E-state index in [4.69, 9.17) is 9.84 Å². The van der Waals surface area contributed by atoms with Crippen molar-refractivity contribution < 1.29 is 23.1 Å². The molecule has 7 heteroatoms. The van der Waals surface area contributed by atoms with E-state index in [0.717, 1.165) is 0 Å². The van der Waals surface area contributed by atoms with Gasteiger partial charge in [-0.05, 0) is 24.6 Å². The highest BCUT2D eigenvalue weighted by atomic mass is 32.2. The summed E-state index contributed by atoms with van der Waals surface area (Å²) in [6.45, 7) is 2.37. The Morgan fingerprint density at radius 3 is 2.79 bits per heavy atom. The molecule has 0 spiro atoms. The number of rotatable bonds is 8. The van der Waals surface area contributed by atoms with Crippen LogP contribution in [-0.2, 0) is 26.0 Å². The average Bonchev–Trinajstić information content (AvgIpc) is 2.27. The second kappa shape index (κ2) is 7.10. The van der Waals surface area contributed by atoms with Crippen molar-refractivity contribution in [2.24, 2.45) is 0 Å². The Kier molecular flexibility index (Phi) is 5.78. The van der Waals surface area contributed by atoms with Gasteiger partial charge >= 0.3 is 5.97 Å². The van der Waals surface area contributed by atoms with E-state index >= 15 is 0 Å². The maximum atomic E-state index is 11.7. The summed E-state index contributed by atoms with van der Waals surface area (Å²) in [6, 6.07) is 6.32. The van der Waals surface area contributed by atoms with Gasteiger partial charge in [-0.3, -0.25) is 9.52 Å². The van der Waals surface area contributed by atoms with Crippen molar-refractivity contribution in [3.63, 3.8) is 0 Å². The number of aliphatic carboxylic acids is 1. The molecule has 0 aliphatic heterocycles. The zero-order valence-corrected chi connectivity index (χ0v) is 11.4. The first-order valence-electron chi connectivity index (χ1n) is 5.82. The number of hydrogen-bond acceptors (Lipinski definition) is 4. The Labute approximate surface area is 112 Å². The van der Waals surface area contributed by atoms with Gasteiger partial charge < -0.3 is 9.84 Å². The predicted octanol–water partition coefficient (Wildman–Crippen LogP) is 1.09. The van der Waals surface area contributed by atoms with E-state index in [2.05, 4.69) is 4.72 Å². The molecule has 0 amide bonds. The SMILES string of the molecule is CCOCCS(=O)(=O)Nc1cccc(CC(=O)O)c1.